The van der Waals surface area contributed by atoms with Crippen LogP contribution in [0, 0.1) is 19.8 Å². The van der Waals surface area contributed by atoms with Crippen LogP contribution in [0.2, 0.25) is 0 Å². The Hall–Kier alpha value is -2.96. The van der Waals surface area contributed by atoms with Gasteiger partial charge in [0.05, 0.1) is 5.69 Å². The highest BCUT2D eigenvalue weighted by Crippen LogP contribution is 2.30. The van der Waals surface area contributed by atoms with Gasteiger partial charge in [-0.1, -0.05) is 13.8 Å². The van der Waals surface area contributed by atoms with E-state index in [0.717, 1.165) is 34.6 Å². The van der Waals surface area contributed by atoms with Crippen molar-refractivity contribution in [1.29, 1.82) is 0 Å². The molecule has 0 spiro atoms. The fraction of sp³-hybridized carbons (Fsp3) is 0.455. The van der Waals surface area contributed by atoms with E-state index in [0.29, 0.717) is 18.8 Å². The molecule has 0 radical (unpaired) electrons. The summed E-state index contributed by atoms with van der Waals surface area (Å²) in [5, 5.41) is 10.5. The molecule has 4 N–H and O–H groups in total. The fourth-order valence-electron chi connectivity index (χ4n) is 3.72. The Morgan fingerprint density at radius 3 is 2.69 bits per heavy atom. The van der Waals surface area contributed by atoms with E-state index in [4.69, 9.17) is 16.1 Å². The van der Waals surface area contributed by atoms with Gasteiger partial charge in [0.1, 0.15) is 0 Å². The van der Waals surface area contributed by atoms with Crippen LogP contribution in [0.4, 0.5) is 0 Å². The van der Waals surface area contributed by atoms with E-state index in [1.165, 1.54) is 0 Å². The first kappa shape index (κ1) is 20.8. The van der Waals surface area contributed by atoms with Gasteiger partial charge >= 0.3 is 5.91 Å². The Kier molecular flexibility index (Phi) is 5.86. The monoisotopic (exact) mass is 395 g/mol. The zero-order valence-electron chi connectivity index (χ0n) is 17.9. The Bertz CT molecular complexity index is 972. The summed E-state index contributed by atoms with van der Waals surface area (Å²) in [6.45, 7) is 9.23. The first-order chi connectivity index (χ1) is 13.7. The van der Waals surface area contributed by atoms with Crippen molar-refractivity contribution in [3.8, 4) is 11.1 Å². The van der Waals surface area contributed by atoms with Crippen LogP contribution in [0.25, 0.3) is 11.1 Å². The molecule has 0 aromatic carbocycles. The summed E-state index contributed by atoms with van der Waals surface area (Å²) in [6.07, 6.45) is 4.48. The molecule has 0 bridgehead atoms. The molecular weight excluding hydrogens is 364 g/mol. The number of nitrogens with two attached hydrogens (primary N) is 2. The smallest absolute Gasteiger partial charge is 0.318 e. The van der Waals surface area contributed by atoms with Crippen molar-refractivity contribution >= 4 is 11.6 Å². The lowest BCUT2D eigenvalue weighted by atomic mass is 9.99. The molecule has 0 saturated carbocycles. The zero-order chi connectivity index (χ0) is 21.3. The standard InChI is InChI=1S/C22H30N6O/c1-13(2)19(23)10-20(24)22(29)28-7-6-16(11-28)21-9-17(8-14(3)25-21)18-12-27(5)26-15(18)4/h8-10,12-13,16,24H,6-7,11,23H2,1-5H3/p+1. The van der Waals surface area contributed by atoms with Gasteiger partial charge in [-0.05, 0) is 43.9 Å². The second kappa shape index (κ2) is 8.19. The second-order valence-electron chi connectivity index (χ2n) is 8.22. The lowest BCUT2D eigenvalue weighted by molar-refractivity contribution is -0.141. The van der Waals surface area contributed by atoms with Crippen molar-refractivity contribution in [2.75, 3.05) is 13.1 Å². The van der Waals surface area contributed by atoms with Crippen molar-refractivity contribution in [2.24, 2.45) is 18.7 Å². The van der Waals surface area contributed by atoms with Crippen molar-refractivity contribution < 1.29 is 10.2 Å². The molecule has 2 aromatic rings. The Balaban J connectivity index is 1.78. The molecule has 7 nitrogen and oxygen atoms in total. The highest BCUT2D eigenvalue weighted by atomic mass is 16.2. The van der Waals surface area contributed by atoms with Gasteiger partial charge in [-0.15, -0.1) is 0 Å². The van der Waals surface area contributed by atoms with Gasteiger partial charge in [-0.3, -0.25) is 14.5 Å². The summed E-state index contributed by atoms with van der Waals surface area (Å²) in [6, 6.07) is 4.20. The number of carbonyl (C=O) groups is 1. The van der Waals surface area contributed by atoms with Crippen LogP contribution in [0.15, 0.2) is 30.1 Å². The zero-order valence-corrected chi connectivity index (χ0v) is 17.9. The number of hydrogen-bond acceptors (Lipinski definition) is 4. The van der Waals surface area contributed by atoms with Gasteiger partial charge < -0.3 is 10.6 Å². The first-order valence-electron chi connectivity index (χ1n) is 10.0. The second-order valence-corrected chi connectivity index (χ2v) is 8.22. The number of carbonyl (C=O) groups excluding carboxylic acids is 1. The van der Waals surface area contributed by atoms with Crippen molar-refractivity contribution in [2.45, 2.75) is 40.0 Å². The van der Waals surface area contributed by atoms with Gasteiger partial charge in [0.2, 0.25) is 0 Å². The maximum atomic E-state index is 12.7. The maximum Gasteiger partial charge on any atom is 0.318 e. The van der Waals surface area contributed by atoms with Gasteiger partial charge in [0.25, 0.3) is 5.71 Å². The molecule has 1 atom stereocenters. The molecule has 1 aliphatic heterocycles. The number of aryl methyl sites for hydroxylation is 3. The van der Waals surface area contributed by atoms with Crippen LogP contribution in [0.1, 0.15) is 43.3 Å². The number of nitrogens with zero attached hydrogens (tertiary/aromatic N) is 4. The van der Waals surface area contributed by atoms with Crippen LogP contribution in [0.3, 0.4) is 0 Å². The van der Waals surface area contributed by atoms with Gasteiger partial charge in [0.15, 0.2) is 0 Å². The molecule has 1 saturated heterocycles. The first-order valence-corrected chi connectivity index (χ1v) is 10.0. The molecule has 1 unspecified atom stereocenters. The molecule has 7 heteroatoms. The normalized spacial score (nSPS) is 17.2. The average molecular weight is 396 g/mol. The van der Waals surface area contributed by atoms with E-state index in [1.54, 1.807) is 11.0 Å². The number of likely N-dealkylation sites (tertiary alicyclic amines) is 1. The predicted molar refractivity (Wildman–Crippen MR) is 114 cm³/mol. The highest BCUT2D eigenvalue weighted by Gasteiger charge is 2.32. The topological polar surface area (TPSA) is 103 Å². The highest BCUT2D eigenvalue weighted by molar-refractivity contribution is 6.40. The van der Waals surface area contributed by atoms with E-state index in [1.807, 2.05) is 45.6 Å². The Morgan fingerprint density at radius 2 is 2.07 bits per heavy atom. The molecule has 0 aliphatic carbocycles. The SMILES string of the molecule is Cc1cc(-c2cn(C)nc2C)cc(C2CCN(C(=O)C(=[NH2+])C=C(N)C(C)C)C2)n1. The number of pyridine rings is 1. The number of rotatable bonds is 5. The van der Waals surface area contributed by atoms with E-state index in [9.17, 15) is 4.79 Å². The van der Waals surface area contributed by atoms with Gasteiger partial charge in [-0.2, -0.15) is 5.10 Å². The summed E-state index contributed by atoms with van der Waals surface area (Å²) >= 11 is 0. The van der Waals surface area contributed by atoms with Crippen molar-refractivity contribution in [3.05, 3.63) is 47.2 Å². The van der Waals surface area contributed by atoms with E-state index in [-0.39, 0.29) is 23.5 Å². The van der Waals surface area contributed by atoms with Crippen LogP contribution >= 0.6 is 0 Å². The van der Waals surface area contributed by atoms with E-state index >= 15 is 0 Å². The van der Waals surface area contributed by atoms with Crippen molar-refractivity contribution in [1.82, 2.24) is 19.7 Å². The minimum absolute atomic E-state index is 0.151. The summed E-state index contributed by atoms with van der Waals surface area (Å²) in [4.78, 5) is 19.3. The predicted octanol–water partition coefficient (Wildman–Crippen LogP) is 1.11. The molecule has 1 amide bonds. The van der Waals surface area contributed by atoms with E-state index in [2.05, 4.69) is 17.2 Å². The largest absolute Gasteiger partial charge is 0.402 e. The third kappa shape index (κ3) is 4.55. The van der Waals surface area contributed by atoms with Gasteiger partial charge in [-0.25, -0.2) is 5.41 Å². The van der Waals surface area contributed by atoms with Crippen LogP contribution in [-0.2, 0) is 11.8 Å². The van der Waals surface area contributed by atoms with Gasteiger partial charge in [0, 0.05) is 61.0 Å². The third-order valence-electron chi connectivity index (χ3n) is 5.43. The van der Waals surface area contributed by atoms with Crippen LogP contribution in [-0.4, -0.2) is 44.4 Å². The average Bonchev–Trinajstić information content (AvgIpc) is 3.26. The molecule has 3 heterocycles. The Labute approximate surface area is 172 Å². The molecule has 29 heavy (non-hydrogen) atoms. The number of amides is 1. The van der Waals surface area contributed by atoms with Crippen molar-refractivity contribution in [3.63, 3.8) is 0 Å². The van der Waals surface area contributed by atoms with Crippen LogP contribution < -0.4 is 11.1 Å². The summed E-state index contributed by atoms with van der Waals surface area (Å²) in [5.74, 6) is 0.180. The van der Waals surface area contributed by atoms with E-state index < -0.39 is 0 Å². The lowest BCUT2D eigenvalue weighted by Crippen LogP contribution is -2.50. The summed E-state index contributed by atoms with van der Waals surface area (Å²) < 4.78 is 1.82. The molecular formula is C22H31N6O+. The lowest BCUT2D eigenvalue weighted by Gasteiger charge is -2.15. The molecule has 154 valence electrons. The Morgan fingerprint density at radius 1 is 1.34 bits per heavy atom. The number of allylic oxidation sites excluding steroid dienone is 1. The minimum Gasteiger partial charge on any atom is -0.402 e. The maximum absolute atomic E-state index is 12.7. The minimum atomic E-state index is -0.160. The third-order valence-corrected chi connectivity index (χ3v) is 5.43. The summed E-state index contributed by atoms with van der Waals surface area (Å²) in [5.41, 5.74) is 11.9. The van der Waals surface area contributed by atoms with Crippen LogP contribution in [0.5, 0.6) is 0 Å². The molecule has 1 aliphatic rings. The molecule has 3 rings (SSSR count). The molecule has 1 fully saturated rings. The fourth-order valence-corrected chi connectivity index (χ4v) is 3.72. The number of aromatic nitrogens is 3. The molecule has 2 aromatic heterocycles. The quantitative estimate of drug-likeness (QED) is 0.740. The number of hydrogen-bond donors (Lipinski definition) is 2. The summed E-state index contributed by atoms with van der Waals surface area (Å²) in [7, 11) is 1.92.